The summed E-state index contributed by atoms with van der Waals surface area (Å²) in [5.74, 6) is 0.559. The average Bonchev–Trinajstić information content (AvgIpc) is 2.73. The molecule has 0 saturated carbocycles. The number of carbonyl (C=O) groups excluding carboxylic acids is 1. The Morgan fingerprint density at radius 1 is 0.897 bits per heavy atom. The summed E-state index contributed by atoms with van der Waals surface area (Å²) in [6, 6.07) is 23.0. The Balaban J connectivity index is 1.57. The summed E-state index contributed by atoms with van der Waals surface area (Å²) in [5, 5.41) is 7.99. The minimum absolute atomic E-state index is 0.0672. The van der Waals surface area contributed by atoms with Gasteiger partial charge in [-0.15, -0.1) is 0 Å². The largest absolute Gasteiger partial charge is 0.489 e. The molecule has 0 aliphatic heterocycles. The molecule has 7 heteroatoms. The van der Waals surface area contributed by atoms with Crippen LogP contribution in [0, 0.1) is 0 Å². The fraction of sp³-hybridized carbons (Fsp3) is 0.136. The van der Waals surface area contributed by atoms with Crippen LogP contribution in [0.2, 0.25) is 0 Å². The third-order valence-electron chi connectivity index (χ3n) is 4.35. The normalized spacial score (nSPS) is 11.1. The Labute approximate surface area is 170 Å². The molecule has 0 radical (unpaired) electrons. The minimum Gasteiger partial charge on any atom is -0.489 e. The van der Waals surface area contributed by atoms with Gasteiger partial charge in [-0.2, -0.15) is 0 Å². The van der Waals surface area contributed by atoms with Gasteiger partial charge in [0.05, 0.1) is 4.90 Å². The Kier molecular flexibility index (Phi) is 6.64. The van der Waals surface area contributed by atoms with Gasteiger partial charge in [0.15, 0.2) is 0 Å². The molecule has 0 atom stereocenters. The lowest BCUT2D eigenvalue weighted by molar-refractivity contribution is 0.0951. The standard InChI is InChI=1S/C22H22N2O4S/c23-29(26,27)20-12-10-17(11-13-20)14-15-24-22(25)21-9-5-4-6-18(21)16-28-19-7-2-1-3-8-19/h1-13H,14-16H2,(H,24,25)(H2,23,26,27). The number of carbonyl (C=O) groups is 1. The van der Waals surface area contributed by atoms with Gasteiger partial charge in [0, 0.05) is 17.7 Å². The first-order chi connectivity index (χ1) is 13.9. The second-order valence-electron chi connectivity index (χ2n) is 6.45. The smallest absolute Gasteiger partial charge is 0.251 e. The number of amides is 1. The van der Waals surface area contributed by atoms with E-state index in [1.54, 1.807) is 18.2 Å². The van der Waals surface area contributed by atoms with E-state index in [0.29, 0.717) is 25.1 Å². The van der Waals surface area contributed by atoms with Crippen molar-refractivity contribution in [3.05, 3.63) is 95.6 Å². The van der Waals surface area contributed by atoms with Crippen molar-refractivity contribution in [1.29, 1.82) is 0 Å². The number of primary sulfonamides is 1. The highest BCUT2D eigenvalue weighted by atomic mass is 32.2. The summed E-state index contributed by atoms with van der Waals surface area (Å²) in [4.78, 5) is 12.7. The number of sulfonamides is 1. The molecule has 3 aromatic carbocycles. The second kappa shape index (κ2) is 9.36. The van der Waals surface area contributed by atoms with E-state index in [4.69, 9.17) is 9.88 Å². The summed E-state index contributed by atoms with van der Waals surface area (Å²) in [6.45, 7) is 0.712. The molecular formula is C22H22N2O4S. The van der Waals surface area contributed by atoms with E-state index < -0.39 is 10.0 Å². The van der Waals surface area contributed by atoms with Crippen LogP contribution in [-0.4, -0.2) is 20.9 Å². The summed E-state index contributed by atoms with van der Waals surface area (Å²) < 4.78 is 28.3. The maximum absolute atomic E-state index is 12.6. The molecule has 29 heavy (non-hydrogen) atoms. The van der Waals surface area contributed by atoms with Crippen LogP contribution in [0.1, 0.15) is 21.5 Å². The van der Waals surface area contributed by atoms with Crippen molar-refractivity contribution in [3.8, 4) is 5.75 Å². The molecule has 3 aromatic rings. The zero-order chi connectivity index (χ0) is 20.7. The van der Waals surface area contributed by atoms with Crippen LogP contribution in [0.25, 0.3) is 0 Å². The van der Waals surface area contributed by atoms with Gasteiger partial charge in [-0.05, 0) is 42.3 Å². The van der Waals surface area contributed by atoms with Gasteiger partial charge in [-0.3, -0.25) is 4.79 Å². The van der Waals surface area contributed by atoms with Crippen LogP contribution in [0.4, 0.5) is 0 Å². The van der Waals surface area contributed by atoms with Crippen molar-refractivity contribution in [3.63, 3.8) is 0 Å². The van der Waals surface area contributed by atoms with Crippen LogP contribution in [0.5, 0.6) is 5.75 Å². The van der Waals surface area contributed by atoms with E-state index >= 15 is 0 Å². The van der Waals surface area contributed by atoms with E-state index in [-0.39, 0.29) is 10.8 Å². The fourth-order valence-electron chi connectivity index (χ4n) is 2.81. The van der Waals surface area contributed by atoms with Gasteiger partial charge in [0.1, 0.15) is 12.4 Å². The van der Waals surface area contributed by atoms with Gasteiger partial charge in [-0.1, -0.05) is 48.5 Å². The lowest BCUT2D eigenvalue weighted by Crippen LogP contribution is -2.27. The molecule has 0 saturated heterocycles. The number of benzene rings is 3. The predicted molar refractivity (Wildman–Crippen MR) is 111 cm³/mol. The lowest BCUT2D eigenvalue weighted by Gasteiger charge is -2.11. The van der Waals surface area contributed by atoms with Crippen molar-refractivity contribution in [2.24, 2.45) is 5.14 Å². The fourth-order valence-corrected chi connectivity index (χ4v) is 3.32. The molecule has 0 unspecified atom stereocenters. The van der Waals surface area contributed by atoms with Crippen molar-refractivity contribution in [1.82, 2.24) is 5.32 Å². The first-order valence-electron chi connectivity index (χ1n) is 9.09. The zero-order valence-electron chi connectivity index (χ0n) is 15.7. The third kappa shape index (κ3) is 5.91. The van der Waals surface area contributed by atoms with Crippen LogP contribution >= 0.6 is 0 Å². The van der Waals surface area contributed by atoms with Crippen molar-refractivity contribution in [2.75, 3.05) is 6.54 Å². The van der Waals surface area contributed by atoms with Crippen LogP contribution in [-0.2, 0) is 23.1 Å². The molecule has 0 fully saturated rings. The highest BCUT2D eigenvalue weighted by molar-refractivity contribution is 7.89. The molecule has 0 spiro atoms. The molecule has 0 aromatic heterocycles. The molecular weight excluding hydrogens is 388 g/mol. The minimum atomic E-state index is -3.70. The molecule has 6 nitrogen and oxygen atoms in total. The summed E-state index contributed by atoms with van der Waals surface area (Å²) >= 11 is 0. The number of para-hydroxylation sites is 1. The number of hydrogen-bond donors (Lipinski definition) is 2. The first-order valence-corrected chi connectivity index (χ1v) is 10.6. The van der Waals surface area contributed by atoms with Gasteiger partial charge in [0.2, 0.25) is 10.0 Å². The topological polar surface area (TPSA) is 98.5 Å². The van der Waals surface area contributed by atoms with E-state index in [1.165, 1.54) is 12.1 Å². The number of ether oxygens (including phenoxy) is 1. The van der Waals surface area contributed by atoms with Gasteiger partial charge in [0.25, 0.3) is 5.91 Å². The summed E-state index contributed by atoms with van der Waals surface area (Å²) in [6.07, 6.45) is 0.569. The van der Waals surface area contributed by atoms with Crippen molar-refractivity contribution >= 4 is 15.9 Å². The van der Waals surface area contributed by atoms with E-state index in [9.17, 15) is 13.2 Å². The average molecular weight is 410 g/mol. The van der Waals surface area contributed by atoms with Gasteiger partial charge < -0.3 is 10.1 Å². The molecule has 0 heterocycles. The molecule has 150 valence electrons. The maximum atomic E-state index is 12.6. The van der Waals surface area contributed by atoms with Crippen LogP contribution < -0.4 is 15.2 Å². The molecule has 0 bridgehead atoms. The number of hydrogen-bond acceptors (Lipinski definition) is 4. The van der Waals surface area contributed by atoms with Crippen LogP contribution in [0.3, 0.4) is 0 Å². The predicted octanol–water partition coefficient (Wildman–Crippen LogP) is 2.89. The number of nitrogens with one attached hydrogen (secondary N) is 1. The second-order valence-corrected chi connectivity index (χ2v) is 8.02. The summed E-state index contributed by atoms with van der Waals surface area (Å²) in [7, 11) is -3.70. The Hall–Kier alpha value is -3.16. The SMILES string of the molecule is NS(=O)(=O)c1ccc(CCNC(=O)c2ccccc2COc2ccccc2)cc1. The zero-order valence-corrected chi connectivity index (χ0v) is 16.6. The Morgan fingerprint density at radius 2 is 1.55 bits per heavy atom. The van der Waals surface area contributed by atoms with Crippen molar-refractivity contribution < 1.29 is 17.9 Å². The number of nitrogens with two attached hydrogens (primary N) is 1. The highest BCUT2D eigenvalue weighted by Gasteiger charge is 2.11. The summed E-state index contributed by atoms with van der Waals surface area (Å²) in [5.41, 5.74) is 2.26. The van der Waals surface area contributed by atoms with Gasteiger partial charge in [-0.25, -0.2) is 13.6 Å². The maximum Gasteiger partial charge on any atom is 0.251 e. The first kappa shape index (κ1) is 20.6. The van der Waals surface area contributed by atoms with E-state index in [1.807, 2.05) is 48.5 Å². The molecule has 0 aliphatic rings. The van der Waals surface area contributed by atoms with Crippen LogP contribution in [0.15, 0.2) is 83.8 Å². The monoisotopic (exact) mass is 410 g/mol. The quantitative estimate of drug-likeness (QED) is 0.596. The molecule has 0 aliphatic carbocycles. The highest BCUT2D eigenvalue weighted by Crippen LogP contribution is 2.15. The molecule has 3 rings (SSSR count). The number of rotatable bonds is 8. The Morgan fingerprint density at radius 3 is 2.24 bits per heavy atom. The Bertz CT molecular complexity index is 1070. The van der Waals surface area contributed by atoms with Crippen molar-refractivity contribution in [2.45, 2.75) is 17.9 Å². The molecule has 3 N–H and O–H groups in total. The van der Waals surface area contributed by atoms with Gasteiger partial charge >= 0.3 is 0 Å². The lowest BCUT2D eigenvalue weighted by atomic mass is 10.1. The third-order valence-corrected chi connectivity index (χ3v) is 5.28. The van der Waals surface area contributed by atoms with E-state index in [2.05, 4.69) is 5.32 Å². The molecule has 1 amide bonds. The van der Waals surface area contributed by atoms with E-state index in [0.717, 1.165) is 16.9 Å².